The summed E-state index contributed by atoms with van der Waals surface area (Å²) in [4.78, 5) is 24.8. The van der Waals surface area contributed by atoms with Crippen molar-refractivity contribution in [3.05, 3.63) is 71.7 Å². The molecule has 0 saturated heterocycles. The van der Waals surface area contributed by atoms with Crippen molar-refractivity contribution >= 4 is 27.8 Å². The first-order chi connectivity index (χ1) is 14.1. The van der Waals surface area contributed by atoms with Gasteiger partial charge in [-0.3, -0.25) is 0 Å². The van der Waals surface area contributed by atoms with Crippen molar-refractivity contribution in [1.29, 1.82) is 0 Å². The number of hydrogen-bond donors (Lipinski definition) is 2. The number of esters is 1. The van der Waals surface area contributed by atoms with E-state index in [1.54, 1.807) is 6.92 Å². The molecule has 0 amide bonds. The number of H-pyrrole nitrogens is 1. The van der Waals surface area contributed by atoms with E-state index in [2.05, 4.69) is 15.0 Å². The predicted molar refractivity (Wildman–Crippen MR) is 110 cm³/mol. The van der Waals surface area contributed by atoms with E-state index in [-0.39, 0.29) is 0 Å². The number of nitrogens with one attached hydrogen (secondary N) is 1. The molecule has 7 nitrogen and oxygen atoms in total. The molecule has 0 aliphatic rings. The smallest absolute Gasteiger partial charge is 0.331 e. The molecule has 0 bridgehead atoms. The van der Waals surface area contributed by atoms with Crippen molar-refractivity contribution < 1.29 is 13.9 Å². The van der Waals surface area contributed by atoms with Crippen LogP contribution in [0, 0.1) is 0 Å². The number of methoxy groups -OCH3 is 1. The molecule has 0 aliphatic carbocycles. The van der Waals surface area contributed by atoms with Crippen LogP contribution in [0.2, 0.25) is 0 Å². The fraction of sp³-hybridized carbons (Fsp3) is 0.227. The van der Waals surface area contributed by atoms with Gasteiger partial charge in [-0.25, -0.2) is 14.8 Å². The lowest BCUT2D eigenvalue weighted by molar-refractivity contribution is -0.142. The van der Waals surface area contributed by atoms with Crippen LogP contribution in [0.1, 0.15) is 24.4 Å². The molecule has 29 heavy (non-hydrogen) atoms. The highest BCUT2D eigenvalue weighted by molar-refractivity contribution is 5.85. The summed E-state index contributed by atoms with van der Waals surface area (Å²) in [5, 5.41) is 1.76. The number of hydrogen-bond acceptors (Lipinski definition) is 6. The number of fused-ring (bicyclic) bond motifs is 2. The van der Waals surface area contributed by atoms with E-state index >= 15 is 0 Å². The lowest BCUT2D eigenvalue weighted by Gasteiger charge is -2.11. The van der Waals surface area contributed by atoms with Crippen LogP contribution in [0.5, 0.6) is 0 Å². The normalized spacial score (nSPS) is 14.2. The van der Waals surface area contributed by atoms with E-state index in [1.165, 1.54) is 7.11 Å². The number of carbonyl (C=O) groups excluding carboxylic acids is 1. The average molecular weight is 390 g/mol. The summed E-state index contributed by atoms with van der Waals surface area (Å²) in [5.41, 5.74) is 8.98. The average Bonchev–Trinajstić information content (AvgIpc) is 3.15. The van der Waals surface area contributed by atoms with Gasteiger partial charge in [0.05, 0.1) is 24.1 Å². The summed E-state index contributed by atoms with van der Waals surface area (Å²) in [6, 6.07) is 14.2. The van der Waals surface area contributed by atoms with Crippen LogP contribution in [-0.2, 0) is 16.0 Å². The zero-order chi connectivity index (χ0) is 20.4. The monoisotopic (exact) mass is 390 g/mol. The summed E-state index contributed by atoms with van der Waals surface area (Å²) in [5.74, 6) is -0.0770. The molecule has 0 fully saturated rings. The highest BCUT2D eigenvalue weighted by Crippen LogP contribution is 2.20. The number of carbonyl (C=O) groups is 1. The van der Waals surface area contributed by atoms with Gasteiger partial charge in [-0.15, -0.1) is 0 Å². The highest BCUT2D eigenvalue weighted by Gasteiger charge is 2.21. The van der Waals surface area contributed by atoms with E-state index < -0.39 is 18.1 Å². The molecule has 0 unspecified atom stereocenters. The number of nitrogens with zero attached hydrogens (tertiary/aromatic N) is 2. The van der Waals surface area contributed by atoms with Crippen molar-refractivity contribution in [1.82, 2.24) is 9.97 Å². The third-order valence-corrected chi connectivity index (χ3v) is 4.79. The Morgan fingerprint density at radius 2 is 1.93 bits per heavy atom. The van der Waals surface area contributed by atoms with Crippen molar-refractivity contribution in [3.8, 4) is 0 Å². The molecule has 0 radical (unpaired) electrons. The second-order valence-electron chi connectivity index (χ2n) is 6.89. The predicted octanol–water partition coefficient (Wildman–Crippen LogP) is 3.01. The molecular weight excluding hydrogens is 368 g/mol. The standard InChI is InChI=1S/C22H22N4O3/c1-13(23)20-25-18-10-6-4-8-16(18)21(29-20)26-19(22(27)28-2)11-14-12-24-17-9-5-3-7-15(14)17/h3-10,12-13,19,24H,11,23H2,1-2H3/t13-,19+/m0/s1. The Kier molecular flexibility index (Phi) is 5.14. The maximum Gasteiger partial charge on any atom is 0.331 e. The Morgan fingerprint density at radius 3 is 2.69 bits per heavy atom. The Balaban J connectivity index is 1.84. The molecule has 3 N–H and O–H groups in total. The van der Waals surface area contributed by atoms with E-state index in [1.807, 2.05) is 54.7 Å². The molecule has 0 aliphatic heterocycles. The number of rotatable bonds is 5. The molecule has 0 saturated carbocycles. The van der Waals surface area contributed by atoms with Crippen molar-refractivity contribution in [2.24, 2.45) is 10.7 Å². The Hall–Kier alpha value is -3.45. The van der Waals surface area contributed by atoms with E-state index in [9.17, 15) is 4.79 Å². The molecule has 7 heteroatoms. The van der Waals surface area contributed by atoms with Crippen LogP contribution < -0.4 is 11.3 Å². The molecule has 148 valence electrons. The van der Waals surface area contributed by atoms with Gasteiger partial charge >= 0.3 is 5.97 Å². The Morgan fingerprint density at radius 1 is 1.21 bits per heavy atom. The second-order valence-corrected chi connectivity index (χ2v) is 6.89. The van der Waals surface area contributed by atoms with Crippen molar-refractivity contribution in [3.63, 3.8) is 0 Å². The highest BCUT2D eigenvalue weighted by atomic mass is 16.5. The minimum absolute atomic E-state index is 0.318. The first-order valence-corrected chi connectivity index (χ1v) is 9.39. The topological polar surface area (TPSA) is 106 Å². The third-order valence-electron chi connectivity index (χ3n) is 4.79. The fourth-order valence-electron chi connectivity index (χ4n) is 3.31. The van der Waals surface area contributed by atoms with Gasteiger partial charge in [-0.2, -0.15) is 0 Å². The molecule has 2 heterocycles. The summed E-state index contributed by atoms with van der Waals surface area (Å²) in [6.07, 6.45) is 2.27. The van der Waals surface area contributed by atoms with Gasteiger partial charge in [0.15, 0.2) is 6.04 Å². The van der Waals surface area contributed by atoms with Crippen LogP contribution in [0.15, 0.2) is 64.1 Å². The number of aromatic nitrogens is 2. The molecule has 2 aromatic heterocycles. The number of para-hydroxylation sites is 2. The van der Waals surface area contributed by atoms with Gasteiger partial charge < -0.3 is 19.9 Å². The zero-order valence-electron chi connectivity index (χ0n) is 16.3. The number of nitrogens with two attached hydrogens (primary N) is 1. The molecule has 2 aromatic carbocycles. The first kappa shape index (κ1) is 18.9. The Labute approximate surface area is 167 Å². The van der Waals surface area contributed by atoms with Gasteiger partial charge in [0.25, 0.3) is 0 Å². The lowest BCUT2D eigenvalue weighted by Crippen LogP contribution is -2.26. The quantitative estimate of drug-likeness (QED) is 0.510. The van der Waals surface area contributed by atoms with Crippen LogP contribution >= 0.6 is 0 Å². The van der Waals surface area contributed by atoms with Crippen LogP contribution in [-0.4, -0.2) is 29.1 Å². The van der Waals surface area contributed by atoms with Crippen LogP contribution in [0.3, 0.4) is 0 Å². The zero-order valence-corrected chi connectivity index (χ0v) is 16.3. The number of aromatic amines is 1. The fourth-order valence-corrected chi connectivity index (χ4v) is 3.31. The second kappa shape index (κ2) is 7.89. The van der Waals surface area contributed by atoms with Gasteiger partial charge in [0, 0.05) is 23.5 Å². The van der Waals surface area contributed by atoms with Gasteiger partial charge in [0.2, 0.25) is 11.4 Å². The maximum absolute atomic E-state index is 12.5. The summed E-state index contributed by atoms with van der Waals surface area (Å²) < 4.78 is 10.9. The molecule has 2 atom stereocenters. The van der Waals surface area contributed by atoms with Gasteiger partial charge in [-0.05, 0) is 30.7 Å². The van der Waals surface area contributed by atoms with E-state index in [0.717, 1.165) is 16.5 Å². The van der Waals surface area contributed by atoms with Gasteiger partial charge in [0.1, 0.15) is 0 Å². The number of ether oxygens (including phenoxy) is 1. The van der Waals surface area contributed by atoms with Crippen molar-refractivity contribution in [2.75, 3.05) is 7.11 Å². The maximum atomic E-state index is 12.5. The summed E-state index contributed by atoms with van der Waals surface area (Å²) in [7, 11) is 1.36. The molecule has 0 spiro atoms. The summed E-state index contributed by atoms with van der Waals surface area (Å²) in [6.45, 7) is 1.79. The van der Waals surface area contributed by atoms with E-state index in [4.69, 9.17) is 14.9 Å². The number of benzene rings is 2. The first-order valence-electron chi connectivity index (χ1n) is 9.39. The van der Waals surface area contributed by atoms with E-state index in [0.29, 0.717) is 28.8 Å². The minimum atomic E-state index is -0.769. The molecule has 4 aromatic rings. The largest absolute Gasteiger partial charge is 0.467 e. The Bertz CT molecular complexity index is 1240. The minimum Gasteiger partial charge on any atom is -0.467 e. The SMILES string of the molecule is COC(=O)[C@@H](Cc1c[nH]c2ccccc12)N=c1oc([C@H](C)N)nc2ccccc12. The van der Waals surface area contributed by atoms with Crippen LogP contribution in [0.25, 0.3) is 21.8 Å². The lowest BCUT2D eigenvalue weighted by atomic mass is 10.1. The van der Waals surface area contributed by atoms with Crippen LogP contribution in [0.4, 0.5) is 0 Å². The molecular formula is C22H22N4O3. The van der Waals surface area contributed by atoms with Gasteiger partial charge in [-0.1, -0.05) is 30.3 Å². The summed E-state index contributed by atoms with van der Waals surface area (Å²) >= 11 is 0. The van der Waals surface area contributed by atoms with Crippen molar-refractivity contribution in [2.45, 2.75) is 25.4 Å². The third kappa shape index (κ3) is 3.77. The molecule has 4 rings (SSSR count).